The Kier molecular flexibility index (Phi) is 4.89. The first-order valence-corrected chi connectivity index (χ1v) is 8.74. The molecule has 0 fully saturated rings. The van der Waals surface area contributed by atoms with Gasteiger partial charge in [-0.2, -0.15) is 0 Å². The predicted octanol–water partition coefficient (Wildman–Crippen LogP) is 5.57. The van der Waals surface area contributed by atoms with Crippen molar-refractivity contribution in [1.29, 1.82) is 0 Å². The minimum Gasteiger partial charge on any atom is -0.456 e. The molecule has 0 atom stereocenters. The van der Waals surface area contributed by atoms with Gasteiger partial charge in [-0.1, -0.05) is 62.6 Å². The van der Waals surface area contributed by atoms with E-state index in [1.165, 1.54) is 19.8 Å². The molecule has 3 heteroatoms. The molecule has 0 N–H and O–H groups in total. The van der Waals surface area contributed by atoms with E-state index in [2.05, 4.69) is 6.92 Å². The quantitative estimate of drug-likeness (QED) is 0.515. The number of esters is 1. The highest BCUT2D eigenvalue weighted by atomic mass is 16.6. The highest BCUT2D eigenvalue weighted by Crippen LogP contribution is 2.51. The number of fused-ring (bicyclic) bond motifs is 2. The number of ether oxygens (including phenoxy) is 2. The molecule has 1 aliphatic heterocycles. The number of carbonyl (C=O) groups is 1. The summed E-state index contributed by atoms with van der Waals surface area (Å²) in [5.74, 6) is 1.28. The third-order valence-corrected chi connectivity index (χ3v) is 4.56. The topological polar surface area (TPSA) is 35.5 Å². The SMILES string of the molecule is CCCCCCC1(OC(C)=O)c2ccccc2Oc2ccccc21. The summed E-state index contributed by atoms with van der Waals surface area (Å²) in [6.07, 6.45) is 5.27. The fourth-order valence-electron chi connectivity index (χ4n) is 3.52. The Morgan fingerprint density at radius 1 is 0.958 bits per heavy atom. The van der Waals surface area contributed by atoms with Crippen molar-refractivity contribution in [3.63, 3.8) is 0 Å². The molecule has 0 spiro atoms. The first-order valence-electron chi connectivity index (χ1n) is 8.74. The van der Waals surface area contributed by atoms with Crippen LogP contribution in [0.15, 0.2) is 48.5 Å². The second kappa shape index (κ2) is 7.08. The molecule has 0 saturated heterocycles. The minimum absolute atomic E-state index is 0.267. The number of carbonyl (C=O) groups excluding carboxylic acids is 1. The molecular formula is C21H24O3. The molecule has 0 amide bonds. The molecule has 126 valence electrons. The maximum Gasteiger partial charge on any atom is 0.303 e. The summed E-state index contributed by atoms with van der Waals surface area (Å²) in [6, 6.07) is 15.7. The average Bonchev–Trinajstić information content (AvgIpc) is 2.58. The van der Waals surface area contributed by atoms with Crippen molar-refractivity contribution in [2.75, 3.05) is 0 Å². The molecule has 0 bridgehead atoms. The van der Waals surface area contributed by atoms with Gasteiger partial charge in [0.2, 0.25) is 0 Å². The van der Waals surface area contributed by atoms with Crippen LogP contribution in [0.5, 0.6) is 11.5 Å². The number of para-hydroxylation sites is 2. The van der Waals surface area contributed by atoms with Crippen molar-refractivity contribution >= 4 is 5.97 Å². The average molecular weight is 324 g/mol. The number of rotatable bonds is 6. The highest BCUT2D eigenvalue weighted by molar-refractivity contribution is 5.69. The predicted molar refractivity (Wildman–Crippen MR) is 94.3 cm³/mol. The van der Waals surface area contributed by atoms with Gasteiger partial charge in [-0.05, 0) is 25.0 Å². The van der Waals surface area contributed by atoms with E-state index in [1.807, 2.05) is 48.5 Å². The van der Waals surface area contributed by atoms with Crippen LogP contribution in [0.1, 0.15) is 57.1 Å². The standard InChI is InChI=1S/C21H24O3/c1-3-4-5-10-15-21(24-16(2)22)17-11-6-8-13-19(17)23-20-14-9-7-12-18(20)21/h6-9,11-14H,3-5,10,15H2,1-2H3. The van der Waals surface area contributed by atoms with E-state index in [0.29, 0.717) is 0 Å². The summed E-state index contributed by atoms with van der Waals surface area (Å²) in [4.78, 5) is 12.0. The van der Waals surface area contributed by atoms with Crippen molar-refractivity contribution in [3.8, 4) is 11.5 Å². The van der Waals surface area contributed by atoms with Crippen molar-refractivity contribution < 1.29 is 14.3 Å². The van der Waals surface area contributed by atoms with Crippen LogP contribution in [0, 0.1) is 0 Å². The second-order valence-electron chi connectivity index (χ2n) is 6.33. The summed E-state index contributed by atoms with van der Waals surface area (Å²) >= 11 is 0. The Bertz CT molecular complexity index is 675. The van der Waals surface area contributed by atoms with Gasteiger partial charge in [-0.15, -0.1) is 0 Å². The number of hydrogen-bond donors (Lipinski definition) is 0. The Labute approximate surface area is 143 Å². The molecule has 1 heterocycles. The Balaban J connectivity index is 2.09. The van der Waals surface area contributed by atoms with Crippen LogP contribution in [0.25, 0.3) is 0 Å². The van der Waals surface area contributed by atoms with Gasteiger partial charge in [0.15, 0.2) is 5.60 Å². The molecule has 0 aromatic heterocycles. The van der Waals surface area contributed by atoms with Gasteiger partial charge in [0.1, 0.15) is 11.5 Å². The Morgan fingerprint density at radius 3 is 2.08 bits per heavy atom. The normalized spacial score (nSPS) is 14.2. The van der Waals surface area contributed by atoms with Crippen LogP contribution in [-0.2, 0) is 15.1 Å². The van der Waals surface area contributed by atoms with E-state index in [9.17, 15) is 4.79 Å². The van der Waals surface area contributed by atoms with E-state index in [4.69, 9.17) is 9.47 Å². The molecule has 2 aromatic rings. The second-order valence-corrected chi connectivity index (χ2v) is 6.33. The van der Waals surface area contributed by atoms with Gasteiger partial charge in [0.05, 0.1) is 0 Å². The summed E-state index contributed by atoms with van der Waals surface area (Å²) in [6.45, 7) is 3.68. The highest BCUT2D eigenvalue weighted by Gasteiger charge is 2.44. The first-order chi connectivity index (χ1) is 11.7. The van der Waals surface area contributed by atoms with Crippen LogP contribution < -0.4 is 4.74 Å². The molecule has 0 unspecified atom stereocenters. The zero-order valence-corrected chi connectivity index (χ0v) is 14.4. The lowest BCUT2D eigenvalue weighted by molar-refractivity contribution is -0.155. The zero-order chi connectivity index (χ0) is 17.0. The summed E-state index contributed by atoms with van der Waals surface area (Å²) < 4.78 is 12.0. The van der Waals surface area contributed by atoms with Crippen LogP contribution >= 0.6 is 0 Å². The van der Waals surface area contributed by atoms with Crippen molar-refractivity contribution in [3.05, 3.63) is 59.7 Å². The molecule has 2 aromatic carbocycles. The van der Waals surface area contributed by atoms with Gasteiger partial charge in [-0.3, -0.25) is 4.79 Å². The van der Waals surface area contributed by atoms with Crippen LogP contribution in [0.3, 0.4) is 0 Å². The molecule has 0 aliphatic carbocycles. The fourth-order valence-corrected chi connectivity index (χ4v) is 3.52. The molecule has 3 rings (SSSR count). The third kappa shape index (κ3) is 3.03. The molecular weight excluding hydrogens is 300 g/mol. The smallest absolute Gasteiger partial charge is 0.303 e. The van der Waals surface area contributed by atoms with Gasteiger partial charge in [0, 0.05) is 18.1 Å². The number of benzene rings is 2. The summed E-state index contributed by atoms with van der Waals surface area (Å²) in [5.41, 5.74) is 1.12. The largest absolute Gasteiger partial charge is 0.456 e. The van der Waals surface area contributed by atoms with Gasteiger partial charge in [0.25, 0.3) is 0 Å². The first kappa shape index (κ1) is 16.6. The third-order valence-electron chi connectivity index (χ3n) is 4.56. The molecule has 0 radical (unpaired) electrons. The maximum absolute atomic E-state index is 12.0. The van der Waals surface area contributed by atoms with E-state index < -0.39 is 5.60 Å². The molecule has 1 aliphatic rings. The van der Waals surface area contributed by atoms with E-state index in [-0.39, 0.29) is 5.97 Å². The Hall–Kier alpha value is -2.29. The number of hydrogen-bond acceptors (Lipinski definition) is 3. The molecule has 24 heavy (non-hydrogen) atoms. The van der Waals surface area contributed by atoms with E-state index >= 15 is 0 Å². The molecule has 0 saturated carbocycles. The fraction of sp³-hybridized carbons (Fsp3) is 0.381. The molecule has 3 nitrogen and oxygen atoms in total. The van der Waals surface area contributed by atoms with Crippen molar-refractivity contribution in [2.24, 2.45) is 0 Å². The van der Waals surface area contributed by atoms with Gasteiger partial charge in [-0.25, -0.2) is 0 Å². The van der Waals surface area contributed by atoms with Gasteiger partial charge < -0.3 is 9.47 Å². The lowest BCUT2D eigenvalue weighted by Crippen LogP contribution is -2.36. The Morgan fingerprint density at radius 2 is 1.54 bits per heavy atom. The maximum atomic E-state index is 12.0. The monoisotopic (exact) mass is 324 g/mol. The summed E-state index contributed by atoms with van der Waals surface area (Å²) in [5, 5.41) is 0. The van der Waals surface area contributed by atoms with Crippen molar-refractivity contribution in [1.82, 2.24) is 0 Å². The lowest BCUT2D eigenvalue weighted by atomic mass is 9.79. The summed E-state index contributed by atoms with van der Waals surface area (Å²) in [7, 11) is 0. The van der Waals surface area contributed by atoms with Crippen LogP contribution in [0.4, 0.5) is 0 Å². The van der Waals surface area contributed by atoms with Crippen LogP contribution in [-0.4, -0.2) is 5.97 Å². The number of unbranched alkanes of at least 4 members (excludes halogenated alkanes) is 3. The van der Waals surface area contributed by atoms with E-state index in [1.54, 1.807) is 0 Å². The lowest BCUT2D eigenvalue weighted by Gasteiger charge is -2.39. The van der Waals surface area contributed by atoms with E-state index in [0.717, 1.165) is 41.9 Å². The van der Waals surface area contributed by atoms with Crippen molar-refractivity contribution in [2.45, 2.75) is 51.6 Å². The van der Waals surface area contributed by atoms with Gasteiger partial charge >= 0.3 is 5.97 Å². The zero-order valence-electron chi connectivity index (χ0n) is 14.4. The van der Waals surface area contributed by atoms with Crippen LogP contribution in [0.2, 0.25) is 0 Å². The minimum atomic E-state index is -0.759.